The summed E-state index contributed by atoms with van der Waals surface area (Å²) in [6, 6.07) is 8.52. The van der Waals surface area contributed by atoms with Crippen molar-refractivity contribution in [3.63, 3.8) is 0 Å². The lowest BCUT2D eigenvalue weighted by Crippen LogP contribution is -2.48. The van der Waals surface area contributed by atoms with Crippen LogP contribution in [0, 0.1) is 0 Å². The van der Waals surface area contributed by atoms with Crippen molar-refractivity contribution in [1.29, 1.82) is 0 Å². The quantitative estimate of drug-likeness (QED) is 0.832. The van der Waals surface area contributed by atoms with Gasteiger partial charge in [0.2, 0.25) is 5.91 Å². The highest BCUT2D eigenvalue weighted by Crippen LogP contribution is 2.27. The minimum absolute atomic E-state index is 0.0179. The van der Waals surface area contributed by atoms with Crippen LogP contribution in [-0.4, -0.2) is 49.6 Å². The van der Waals surface area contributed by atoms with Crippen LogP contribution in [0.3, 0.4) is 0 Å². The first kappa shape index (κ1) is 16.8. The van der Waals surface area contributed by atoms with Crippen molar-refractivity contribution < 1.29 is 9.53 Å². The summed E-state index contributed by atoms with van der Waals surface area (Å²) in [5, 5.41) is 2.85. The van der Waals surface area contributed by atoms with Gasteiger partial charge in [0.1, 0.15) is 5.75 Å². The molecule has 122 valence electrons. The van der Waals surface area contributed by atoms with Gasteiger partial charge >= 0.3 is 0 Å². The van der Waals surface area contributed by atoms with Gasteiger partial charge < -0.3 is 15.8 Å². The van der Waals surface area contributed by atoms with Crippen LogP contribution < -0.4 is 15.8 Å². The molecule has 3 N–H and O–H groups in total. The van der Waals surface area contributed by atoms with E-state index in [0.717, 1.165) is 31.8 Å². The number of rotatable bonds is 6. The van der Waals surface area contributed by atoms with E-state index in [1.165, 1.54) is 5.56 Å². The van der Waals surface area contributed by atoms with Crippen LogP contribution in [-0.2, 0) is 4.79 Å². The molecule has 1 aromatic rings. The smallest absolute Gasteiger partial charge is 0.216 e. The van der Waals surface area contributed by atoms with E-state index in [9.17, 15) is 4.79 Å². The molecule has 0 aliphatic carbocycles. The van der Waals surface area contributed by atoms with Gasteiger partial charge in [0.25, 0.3) is 0 Å². The number of likely N-dealkylation sites (tertiary alicyclic amines) is 1. The number of ether oxygens (including phenoxy) is 1. The molecule has 1 saturated heterocycles. The number of piperidine rings is 1. The second-order valence-corrected chi connectivity index (χ2v) is 5.94. The summed E-state index contributed by atoms with van der Waals surface area (Å²) in [5.74, 6) is 1.37. The summed E-state index contributed by atoms with van der Waals surface area (Å²) >= 11 is 0. The van der Waals surface area contributed by atoms with Crippen LogP contribution in [0.15, 0.2) is 24.3 Å². The zero-order chi connectivity index (χ0) is 15.9. The Hall–Kier alpha value is -1.59. The van der Waals surface area contributed by atoms with Crippen LogP contribution in [0.2, 0.25) is 0 Å². The summed E-state index contributed by atoms with van der Waals surface area (Å²) in [7, 11) is 0. The van der Waals surface area contributed by atoms with Gasteiger partial charge in [0, 0.05) is 39.1 Å². The van der Waals surface area contributed by atoms with E-state index in [4.69, 9.17) is 10.5 Å². The van der Waals surface area contributed by atoms with Crippen LogP contribution in [0.1, 0.15) is 31.7 Å². The van der Waals surface area contributed by atoms with Crippen molar-refractivity contribution in [1.82, 2.24) is 10.2 Å². The number of nitrogens with zero attached hydrogens (tertiary/aromatic N) is 1. The molecular weight excluding hydrogens is 278 g/mol. The number of hydrogen-bond acceptors (Lipinski definition) is 4. The maximum absolute atomic E-state index is 11.0. The average molecular weight is 305 g/mol. The van der Waals surface area contributed by atoms with Gasteiger partial charge in [-0.1, -0.05) is 12.1 Å². The third kappa shape index (κ3) is 5.00. The van der Waals surface area contributed by atoms with Gasteiger partial charge in [-0.3, -0.25) is 9.69 Å². The Morgan fingerprint density at radius 3 is 2.73 bits per heavy atom. The largest absolute Gasteiger partial charge is 0.494 e. The summed E-state index contributed by atoms with van der Waals surface area (Å²) < 4.78 is 5.49. The molecule has 22 heavy (non-hydrogen) atoms. The SMILES string of the molecule is CCOc1ccc(C2CC(N)CN(CCNC(C)=O)C2)cc1. The topological polar surface area (TPSA) is 67.6 Å². The summed E-state index contributed by atoms with van der Waals surface area (Å²) in [6.45, 7) is 7.63. The number of hydrogen-bond donors (Lipinski definition) is 2. The summed E-state index contributed by atoms with van der Waals surface area (Å²) in [5.41, 5.74) is 7.52. The predicted octanol–water partition coefficient (Wildman–Crippen LogP) is 1.34. The van der Waals surface area contributed by atoms with E-state index in [1.54, 1.807) is 6.92 Å². The second-order valence-electron chi connectivity index (χ2n) is 5.94. The lowest BCUT2D eigenvalue weighted by molar-refractivity contribution is -0.119. The van der Waals surface area contributed by atoms with Crippen molar-refractivity contribution in [2.24, 2.45) is 5.73 Å². The Kier molecular flexibility index (Phi) is 6.21. The zero-order valence-corrected chi connectivity index (χ0v) is 13.5. The highest BCUT2D eigenvalue weighted by Gasteiger charge is 2.25. The first-order chi connectivity index (χ1) is 10.6. The number of nitrogens with two attached hydrogens (primary N) is 1. The van der Waals surface area contributed by atoms with Gasteiger partial charge in [-0.05, 0) is 37.0 Å². The number of benzene rings is 1. The molecule has 5 heteroatoms. The Morgan fingerprint density at radius 1 is 1.36 bits per heavy atom. The van der Waals surface area contributed by atoms with Crippen LogP contribution >= 0.6 is 0 Å². The van der Waals surface area contributed by atoms with E-state index in [-0.39, 0.29) is 11.9 Å². The number of amides is 1. The minimum Gasteiger partial charge on any atom is -0.494 e. The number of carbonyl (C=O) groups is 1. The maximum atomic E-state index is 11.0. The fourth-order valence-electron chi connectivity index (χ4n) is 3.05. The van der Waals surface area contributed by atoms with Gasteiger partial charge in [-0.15, -0.1) is 0 Å². The molecule has 1 heterocycles. The molecule has 0 saturated carbocycles. The van der Waals surface area contributed by atoms with Gasteiger partial charge in [0.05, 0.1) is 6.61 Å². The van der Waals surface area contributed by atoms with Crippen molar-refractivity contribution >= 4 is 5.91 Å². The molecule has 0 bridgehead atoms. The van der Waals surface area contributed by atoms with E-state index in [1.807, 2.05) is 19.1 Å². The van der Waals surface area contributed by atoms with Crippen LogP contribution in [0.4, 0.5) is 0 Å². The third-order valence-corrected chi connectivity index (χ3v) is 4.02. The van der Waals surface area contributed by atoms with Crippen molar-refractivity contribution in [3.05, 3.63) is 29.8 Å². The first-order valence-electron chi connectivity index (χ1n) is 8.03. The molecule has 1 aliphatic heterocycles. The average Bonchev–Trinajstić information content (AvgIpc) is 2.47. The second kappa shape index (κ2) is 8.15. The van der Waals surface area contributed by atoms with Crippen LogP contribution in [0.25, 0.3) is 0 Å². The van der Waals surface area contributed by atoms with E-state index >= 15 is 0 Å². The monoisotopic (exact) mass is 305 g/mol. The standard InChI is InChI=1S/C17H27N3O2/c1-3-22-17-6-4-14(5-7-17)15-10-16(18)12-20(11-15)9-8-19-13(2)21/h4-7,15-16H,3,8-12,18H2,1-2H3,(H,19,21). The van der Waals surface area contributed by atoms with Gasteiger partial charge in [-0.2, -0.15) is 0 Å². The number of carbonyl (C=O) groups excluding carboxylic acids is 1. The highest BCUT2D eigenvalue weighted by atomic mass is 16.5. The summed E-state index contributed by atoms with van der Waals surface area (Å²) in [6.07, 6.45) is 1.00. The third-order valence-electron chi connectivity index (χ3n) is 4.02. The predicted molar refractivity (Wildman–Crippen MR) is 88.1 cm³/mol. The van der Waals surface area contributed by atoms with Crippen molar-refractivity contribution in [3.8, 4) is 5.75 Å². The van der Waals surface area contributed by atoms with Crippen molar-refractivity contribution in [2.75, 3.05) is 32.8 Å². The maximum Gasteiger partial charge on any atom is 0.216 e. The molecule has 2 unspecified atom stereocenters. The lowest BCUT2D eigenvalue weighted by atomic mass is 9.88. The molecule has 1 aliphatic rings. The van der Waals surface area contributed by atoms with Crippen molar-refractivity contribution in [2.45, 2.75) is 32.2 Å². The normalized spacial score (nSPS) is 22.3. The van der Waals surface area contributed by atoms with E-state index < -0.39 is 0 Å². The molecule has 2 rings (SSSR count). The Balaban J connectivity index is 1.93. The molecule has 1 aromatic carbocycles. The molecule has 2 atom stereocenters. The Labute approximate surface area is 132 Å². The molecule has 5 nitrogen and oxygen atoms in total. The van der Waals surface area contributed by atoms with Crippen LogP contribution in [0.5, 0.6) is 5.75 Å². The molecule has 0 spiro atoms. The van der Waals surface area contributed by atoms with E-state index in [2.05, 4.69) is 22.3 Å². The first-order valence-corrected chi connectivity index (χ1v) is 8.03. The lowest BCUT2D eigenvalue weighted by Gasteiger charge is -2.36. The Morgan fingerprint density at radius 2 is 2.09 bits per heavy atom. The fraction of sp³-hybridized carbons (Fsp3) is 0.588. The Bertz CT molecular complexity index is 475. The summed E-state index contributed by atoms with van der Waals surface area (Å²) in [4.78, 5) is 13.3. The fourth-order valence-corrected chi connectivity index (χ4v) is 3.05. The zero-order valence-electron chi connectivity index (χ0n) is 13.5. The van der Waals surface area contributed by atoms with E-state index in [0.29, 0.717) is 19.1 Å². The molecule has 0 aromatic heterocycles. The minimum atomic E-state index is 0.0179. The molecule has 1 fully saturated rings. The molecule has 0 radical (unpaired) electrons. The van der Waals surface area contributed by atoms with Gasteiger partial charge in [-0.25, -0.2) is 0 Å². The highest BCUT2D eigenvalue weighted by molar-refractivity contribution is 5.72. The molecule has 1 amide bonds. The number of nitrogens with one attached hydrogen (secondary N) is 1. The molecular formula is C17H27N3O2. The van der Waals surface area contributed by atoms with Gasteiger partial charge in [0.15, 0.2) is 0 Å².